The summed E-state index contributed by atoms with van der Waals surface area (Å²) in [4.78, 5) is 2.37. The molecule has 0 spiro atoms. The van der Waals surface area contributed by atoms with E-state index in [-0.39, 0.29) is 0 Å². The van der Waals surface area contributed by atoms with Crippen molar-refractivity contribution in [3.8, 4) is 0 Å². The van der Waals surface area contributed by atoms with Crippen LogP contribution in [0.1, 0.15) is 39.2 Å². The van der Waals surface area contributed by atoms with Gasteiger partial charge in [0.25, 0.3) is 0 Å². The average Bonchev–Trinajstić information content (AvgIpc) is 2.35. The van der Waals surface area contributed by atoms with E-state index in [1.54, 1.807) is 0 Å². The SMILES string of the molecule is CC(C)CCN(C)c1ccc2c(c1)CCC(C)N2. The fraction of sp³-hybridized carbons (Fsp3) is 0.625. The van der Waals surface area contributed by atoms with E-state index in [4.69, 9.17) is 0 Å². The standard InChI is InChI=1S/C16H26N2/c1-12(2)9-10-18(4)15-7-8-16-14(11-15)6-5-13(3)17-16/h7-8,11-13,17H,5-6,9-10H2,1-4H3. The molecule has 0 aliphatic carbocycles. The molecule has 1 N–H and O–H groups in total. The van der Waals surface area contributed by atoms with E-state index in [9.17, 15) is 0 Å². The van der Waals surface area contributed by atoms with Crippen LogP contribution < -0.4 is 10.2 Å². The van der Waals surface area contributed by atoms with Gasteiger partial charge in [0.15, 0.2) is 0 Å². The van der Waals surface area contributed by atoms with Crippen LogP contribution in [0.4, 0.5) is 11.4 Å². The van der Waals surface area contributed by atoms with Crippen molar-refractivity contribution in [2.24, 2.45) is 5.92 Å². The maximum absolute atomic E-state index is 3.56. The topological polar surface area (TPSA) is 15.3 Å². The van der Waals surface area contributed by atoms with Gasteiger partial charge in [0, 0.05) is 31.0 Å². The van der Waals surface area contributed by atoms with Crippen LogP contribution in [0.2, 0.25) is 0 Å². The van der Waals surface area contributed by atoms with E-state index in [1.807, 2.05) is 0 Å². The predicted molar refractivity (Wildman–Crippen MR) is 80.6 cm³/mol. The molecular weight excluding hydrogens is 220 g/mol. The Balaban J connectivity index is 2.06. The lowest BCUT2D eigenvalue weighted by Crippen LogP contribution is -2.23. The highest BCUT2D eigenvalue weighted by Crippen LogP contribution is 2.28. The molecule has 1 aliphatic rings. The Kier molecular flexibility index (Phi) is 4.15. The van der Waals surface area contributed by atoms with Gasteiger partial charge >= 0.3 is 0 Å². The molecule has 0 bridgehead atoms. The first-order valence-electron chi connectivity index (χ1n) is 7.17. The van der Waals surface area contributed by atoms with E-state index in [1.165, 1.54) is 36.2 Å². The van der Waals surface area contributed by atoms with Crippen molar-refractivity contribution >= 4 is 11.4 Å². The van der Waals surface area contributed by atoms with E-state index < -0.39 is 0 Å². The number of nitrogens with one attached hydrogen (secondary N) is 1. The Morgan fingerprint density at radius 2 is 2.17 bits per heavy atom. The van der Waals surface area contributed by atoms with Gasteiger partial charge < -0.3 is 10.2 Å². The summed E-state index contributed by atoms with van der Waals surface area (Å²) in [6, 6.07) is 7.45. The Hall–Kier alpha value is -1.18. The zero-order valence-electron chi connectivity index (χ0n) is 12.2. The lowest BCUT2D eigenvalue weighted by molar-refractivity contribution is 0.585. The number of hydrogen-bond donors (Lipinski definition) is 1. The monoisotopic (exact) mass is 246 g/mol. The van der Waals surface area contributed by atoms with Gasteiger partial charge in [-0.2, -0.15) is 0 Å². The molecule has 2 rings (SSSR count). The Morgan fingerprint density at radius 3 is 2.89 bits per heavy atom. The number of rotatable bonds is 4. The van der Waals surface area contributed by atoms with Crippen molar-refractivity contribution in [2.75, 3.05) is 23.8 Å². The molecule has 0 radical (unpaired) electrons. The first kappa shape index (κ1) is 13.3. The molecular formula is C16H26N2. The van der Waals surface area contributed by atoms with E-state index in [0.717, 1.165) is 12.5 Å². The number of aryl methyl sites for hydroxylation is 1. The smallest absolute Gasteiger partial charge is 0.0376 e. The highest BCUT2D eigenvalue weighted by Gasteiger charge is 2.14. The number of anilines is 2. The van der Waals surface area contributed by atoms with Gasteiger partial charge in [0.1, 0.15) is 0 Å². The Morgan fingerprint density at radius 1 is 1.39 bits per heavy atom. The molecule has 1 aliphatic heterocycles. The highest BCUT2D eigenvalue weighted by atomic mass is 15.1. The van der Waals surface area contributed by atoms with Crippen LogP contribution in [-0.4, -0.2) is 19.6 Å². The summed E-state index contributed by atoms with van der Waals surface area (Å²) in [5.74, 6) is 0.771. The molecule has 1 unspecified atom stereocenters. The third kappa shape index (κ3) is 3.18. The summed E-state index contributed by atoms with van der Waals surface area (Å²) in [5, 5.41) is 3.56. The number of fused-ring (bicyclic) bond motifs is 1. The van der Waals surface area contributed by atoms with Crippen LogP contribution in [0.25, 0.3) is 0 Å². The summed E-state index contributed by atoms with van der Waals surface area (Å²) in [6.45, 7) is 7.96. The second-order valence-corrected chi connectivity index (χ2v) is 6.03. The Labute approximate surface area is 111 Å². The van der Waals surface area contributed by atoms with Gasteiger partial charge in [-0.15, -0.1) is 0 Å². The molecule has 100 valence electrons. The average molecular weight is 246 g/mol. The quantitative estimate of drug-likeness (QED) is 0.866. The van der Waals surface area contributed by atoms with Crippen LogP contribution in [0.15, 0.2) is 18.2 Å². The fourth-order valence-corrected chi connectivity index (χ4v) is 2.46. The number of benzene rings is 1. The molecule has 0 fully saturated rings. The first-order chi connectivity index (χ1) is 8.56. The maximum atomic E-state index is 3.56. The van der Waals surface area contributed by atoms with Crippen molar-refractivity contribution in [3.63, 3.8) is 0 Å². The van der Waals surface area contributed by atoms with Gasteiger partial charge in [-0.1, -0.05) is 13.8 Å². The second kappa shape index (κ2) is 5.64. The molecule has 1 heterocycles. The van der Waals surface area contributed by atoms with E-state index in [2.05, 4.69) is 56.2 Å². The van der Waals surface area contributed by atoms with Crippen molar-refractivity contribution in [2.45, 2.75) is 46.1 Å². The van der Waals surface area contributed by atoms with Gasteiger partial charge in [0.2, 0.25) is 0 Å². The van der Waals surface area contributed by atoms with Crippen molar-refractivity contribution in [1.29, 1.82) is 0 Å². The molecule has 1 atom stereocenters. The summed E-state index contributed by atoms with van der Waals surface area (Å²) in [7, 11) is 2.20. The molecule has 1 aromatic carbocycles. The normalized spacial score (nSPS) is 18.4. The first-order valence-corrected chi connectivity index (χ1v) is 7.17. The second-order valence-electron chi connectivity index (χ2n) is 6.03. The number of nitrogens with zero attached hydrogens (tertiary/aromatic N) is 1. The van der Waals surface area contributed by atoms with Gasteiger partial charge in [0.05, 0.1) is 0 Å². The van der Waals surface area contributed by atoms with Crippen LogP contribution in [-0.2, 0) is 6.42 Å². The number of hydrogen-bond acceptors (Lipinski definition) is 2. The van der Waals surface area contributed by atoms with Crippen LogP contribution in [0, 0.1) is 5.92 Å². The van der Waals surface area contributed by atoms with Crippen molar-refractivity contribution < 1.29 is 0 Å². The maximum Gasteiger partial charge on any atom is 0.0376 e. The van der Waals surface area contributed by atoms with E-state index in [0.29, 0.717) is 6.04 Å². The van der Waals surface area contributed by atoms with Gasteiger partial charge in [-0.25, -0.2) is 0 Å². The molecule has 18 heavy (non-hydrogen) atoms. The zero-order valence-corrected chi connectivity index (χ0v) is 12.2. The summed E-state index contributed by atoms with van der Waals surface area (Å²) in [5.41, 5.74) is 4.16. The summed E-state index contributed by atoms with van der Waals surface area (Å²) in [6.07, 6.45) is 3.70. The van der Waals surface area contributed by atoms with Gasteiger partial charge in [-0.3, -0.25) is 0 Å². The minimum Gasteiger partial charge on any atom is -0.382 e. The Bertz CT molecular complexity index is 398. The molecule has 2 nitrogen and oxygen atoms in total. The van der Waals surface area contributed by atoms with Crippen LogP contribution >= 0.6 is 0 Å². The summed E-state index contributed by atoms with van der Waals surface area (Å²) < 4.78 is 0. The largest absolute Gasteiger partial charge is 0.382 e. The molecule has 0 saturated carbocycles. The lowest BCUT2D eigenvalue weighted by atomic mass is 9.98. The van der Waals surface area contributed by atoms with Crippen molar-refractivity contribution in [1.82, 2.24) is 0 Å². The minimum atomic E-state index is 0.613. The zero-order chi connectivity index (χ0) is 13.1. The molecule has 0 aromatic heterocycles. The molecule has 1 aromatic rings. The lowest BCUT2D eigenvalue weighted by Gasteiger charge is -2.27. The third-order valence-corrected chi connectivity index (χ3v) is 3.82. The fourth-order valence-electron chi connectivity index (χ4n) is 2.46. The molecule has 0 saturated heterocycles. The van der Waals surface area contributed by atoms with Crippen molar-refractivity contribution in [3.05, 3.63) is 23.8 Å². The van der Waals surface area contributed by atoms with E-state index >= 15 is 0 Å². The predicted octanol–water partition coefficient (Wildman–Crippen LogP) is 3.92. The van der Waals surface area contributed by atoms with Crippen LogP contribution in [0.5, 0.6) is 0 Å². The third-order valence-electron chi connectivity index (χ3n) is 3.82. The molecule has 0 amide bonds. The highest BCUT2D eigenvalue weighted by molar-refractivity contribution is 5.62. The minimum absolute atomic E-state index is 0.613. The molecule has 2 heteroatoms. The van der Waals surface area contributed by atoms with Crippen LogP contribution in [0.3, 0.4) is 0 Å². The van der Waals surface area contributed by atoms with Gasteiger partial charge in [-0.05, 0) is 55.9 Å². The summed E-state index contributed by atoms with van der Waals surface area (Å²) >= 11 is 0.